The van der Waals surface area contributed by atoms with E-state index in [0.717, 1.165) is 12.1 Å². The lowest BCUT2D eigenvalue weighted by Gasteiger charge is -2.13. The predicted octanol–water partition coefficient (Wildman–Crippen LogP) is 2.79. The summed E-state index contributed by atoms with van der Waals surface area (Å²) < 4.78 is 46.1. The van der Waals surface area contributed by atoms with Gasteiger partial charge in [-0.15, -0.1) is 0 Å². The molecule has 0 spiro atoms. The van der Waals surface area contributed by atoms with Crippen molar-refractivity contribution in [2.75, 3.05) is 6.61 Å². The van der Waals surface area contributed by atoms with Gasteiger partial charge in [-0.05, 0) is 24.6 Å². The summed E-state index contributed by atoms with van der Waals surface area (Å²) in [6.45, 7) is 1.13. The number of hydrogen-bond acceptors (Lipinski definition) is 3. The maximum absolute atomic E-state index is 14.0. The molecule has 2 aromatic rings. The topological polar surface area (TPSA) is 58.6 Å². The average Bonchev–Trinajstić information content (AvgIpc) is 2.53. The quantitative estimate of drug-likeness (QED) is 0.851. The van der Waals surface area contributed by atoms with Crippen molar-refractivity contribution in [1.29, 1.82) is 0 Å². The number of aliphatic hydroxyl groups is 1. The lowest BCUT2D eigenvalue weighted by Crippen LogP contribution is -2.36. The predicted molar refractivity (Wildman–Crippen MR) is 81.1 cm³/mol. The van der Waals surface area contributed by atoms with Gasteiger partial charge in [0.25, 0.3) is 5.91 Å². The van der Waals surface area contributed by atoms with Crippen LogP contribution in [0, 0.1) is 17.5 Å². The van der Waals surface area contributed by atoms with Crippen molar-refractivity contribution in [3.63, 3.8) is 0 Å². The van der Waals surface area contributed by atoms with Crippen molar-refractivity contribution in [3.8, 4) is 5.75 Å². The first-order valence-electron chi connectivity index (χ1n) is 7.18. The summed E-state index contributed by atoms with van der Waals surface area (Å²) in [6, 6.07) is 6.62. The zero-order chi connectivity index (χ0) is 17.7. The highest BCUT2D eigenvalue weighted by molar-refractivity contribution is 5.95. The molecule has 0 fully saturated rings. The number of benzene rings is 2. The largest absolute Gasteiger partial charge is 0.489 e. The zero-order valence-electron chi connectivity index (χ0n) is 12.9. The van der Waals surface area contributed by atoms with Crippen molar-refractivity contribution in [1.82, 2.24) is 5.32 Å². The van der Waals surface area contributed by atoms with Crippen LogP contribution in [0.4, 0.5) is 13.2 Å². The molecule has 1 amide bonds. The molecule has 0 unspecified atom stereocenters. The second-order valence-corrected chi connectivity index (χ2v) is 5.23. The van der Waals surface area contributed by atoms with Gasteiger partial charge >= 0.3 is 0 Å². The summed E-state index contributed by atoms with van der Waals surface area (Å²) in [5.41, 5.74) is -0.125. The van der Waals surface area contributed by atoms with Crippen LogP contribution in [0.2, 0.25) is 0 Å². The van der Waals surface area contributed by atoms with E-state index in [1.54, 1.807) is 0 Å². The molecule has 24 heavy (non-hydrogen) atoms. The Kier molecular flexibility index (Phi) is 5.81. The van der Waals surface area contributed by atoms with Crippen LogP contribution in [0.5, 0.6) is 5.75 Å². The fourth-order valence-electron chi connectivity index (χ4n) is 1.94. The van der Waals surface area contributed by atoms with E-state index < -0.39 is 35.0 Å². The molecule has 0 saturated heterocycles. The third kappa shape index (κ3) is 4.48. The molecule has 2 rings (SSSR count). The van der Waals surface area contributed by atoms with E-state index in [0.29, 0.717) is 5.56 Å². The second-order valence-electron chi connectivity index (χ2n) is 5.23. The van der Waals surface area contributed by atoms with Gasteiger partial charge in [-0.25, -0.2) is 13.2 Å². The zero-order valence-corrected chi connectivity index (χ0v) is 12.9. The number of carbonyl (C=O) groups is 1. The fraction of sp³-hybridized carbons (Fsp3) is 0.235. The van der Waals surface area contributed by atoms with E-state index >= 15 is 0 Å². The third-order valence-electron chi connectivity index (χ3n) is 3.21. The van der Waals surface area contributed by atoms with Gasteiger partial charge in [0.2, 0.25) is 0 Å². The number of nitrogens with one attached hydrogen (secondary N) is 1. The van der Waals surface area contributed by atoms with Gasteiger partial charge in [0.05, 0.1) is 6.61 Å². The van der Waals surface area contributed by atoms with E-state index in [2.05, 4.69) is 5.32 Å². The van der Waals surface area contributed by atoms with Crippen LogP contribution < -0.4 is 10.1 Å². The summed E-state index contributed by atoms with van der Waals surface area (Å²) in [7, 11) is 0. The minimum atomic E-state index is -1.08. The smallest absolute Gasteiger partial charge is 0.257 e. The molecule has 0 aromatic heterocycles. The summed E-state index contributed by atoms with van der Waals surface area (Å²) in [6.07, 6.45) is 0. The van der Waals surface area contributed by atoms with Crippen molar-refractivity contribution in [3.05, 3.63) is 65.0 Å². The highest BCUT2D eigenvalue weighted by Gasteiger charge is 2.20. The molecule has 4 nitrogen and oxygen atoms in total. The number of amides is 1. The molecular formula is C17H16F3NO3. The maximum atomic E-state index is 14.0. The number of hydrogen-bond donors (Lipinski definition) is 2. The summed E-state index contributed by atoms with van der Waals surface area (Å²) in [5, 5.41) is 11.1. The second kappa shape index (κ2) is 7.83. The molecule has 2 N–H and O–H groups in total. The van der Waals surface area contributed by atoms with Crippen molar-refractivity contribution < 1.29 is 27.8 Å². The number of aliphatic hydroxyl groups excluding tert-OH is 1. The van der Waals surface area contributed by atoms with Crippen LogP contribution >= 0.6 is 0 Å². The molecule has 128 valence electrons. The van der Waals surface area contributed by atoms with E-state index in [-0.39, 0.29) is 19.0 Å². The van der Waals surface area contributed by atoms with E-state index in [9.17, 15) is 18.0 Å². The minimum absolute atomic E-state index is 0.00769. The monoisotopic (exact) mass is 339 g/mol. The Balaban J connectivity index is 2.11. The molecule has 0 heterocycles. The van der Waals surface area contributed by atoms with Crippen LogP contribution in [0.25, 0.3) is 0 Å². The van der Waals surface area contributed by atoms with Crippen molar-refractivity contribution in [2.24, 2.45) is 0 Å². The summed E-state index contributed by atoms with van der Waals surface area (Å²) in [4.78, 5) is 11.8. The molecular weight excluding hydrogens is 323 g/mol. The first-order valence-corrected chi connectivity index (χ1v) is 7.18. The first-order chi connectivity index (χ1) is 11.4. The Bertz CT molecular complexity index is 697. The van der Waals surface area contributed by atoms with Gasteiger partial charge in [-0.2, -0.15) is 0 Å². The summed E-state index contributed by atoms with van der Waals surface area (Å²) in [5.74, 6) is -3.61. The molecule has 7 heteroatoms. The molecule has 0 aliphatic carbocycles. The molecule has 2 aromatic carbocycles. The highest BCUT2D eigenvalue weighted by Crippen LogP contribution is 2.22. The Morgan fingerprint density at radius 1 is 1.17 bits per heavy atom. The Morgan fingerprint density at radius 3 is 2.29 bits per heavy atom. The lowest BCUT2D eigenvalue weighted by molar-refractivity contribution is 0.0913. The van der Waals surface area contributed by atoms with Crippen LogP contribution in [0.3, 0.4) is 0 Å². The minimum Gasteiger partial charge on any atom is -0.489 e. The first kappa shape index (κ1) is 17.8. The van der Waals surface area contributed by atoms with Crippen LogP contribution in [0.15, 0.2) is 36.4 Å². The number of halogens is 3. The number of ether oxygens (including phenoxy) is 1. The number of rotatable bonds is 6. The van der Waals surface area contributed by atoms with Crippen molar-refractivity contribution >= 4 is 5.91 Å². The van der Waals surface area contributed by atoms with E-state index in [1.807, 2.05) is 0 Å². The molecule has 0 aliphatic rings. The van der Waals surface area contributed by atoms with Gasteiger partial charge in [0, 0.05) is 18.2 Å². The number of carbonyl (C=O) groups excluding carboxylic acids is 1. The standard InChI is InChI=1S/C17H16F3NO3/c1-10(8-22)21-17(23)16-14(19)6-13(7-15(16)20)24-9-11-2-4-12(18)5-3-11/h2-7,10,22H,8-9H2,1H3,(H,21,23)/t10-/m0/s1. The van der Waals surface area contributed by atoms with Crippen LogP contribution in [-0.4, -0.2) is 23.7 Å². The van der Waals surface area contributed by atoms with Crippen LogP contribution in [0.1, 0.15) is 22.8 Å². The molecule has 0 radical (unpaired) electrons. The van der Waals surface area contributed by atoms with Crippen LogP contribution in [-0.2, 0) is 6.61 Å². The van der Waals surface area contributed by atoms with Crippen molar-refractivity contribution in [2.45, 2.75) is 19.6 Å². The molecule has 0 saturated carbocycles. The van der Waals surface area contributed by atoms with E-state index in [1.165, 1.54) is 31.2 Å². The lowest BCUT2D eigenvalue weighted by atomic mass is 10.1. The highest BCUT2D eigenvalue weighted by atomic mass is 19.1. The van der Waals surface area contributed by atoms with Gasteiger partial charge in [-0.3, -0.25) is 4.79 Å². The van der Waals surface area contributed by atoms with Gasteiger partial charge in [0.1, 0.15) is 35.4 Å². The Hall–Kier alpha value is -2.54. The van der Waals surface area contributed by atoms with Gasteiger partial charge < -0.3 is 15.2 Å². The normalized spacial score (nSPS) is 11.9. The Labute approximate surface area is 136 Å². The fourth-order valence-corrected chi connectivity index (χ4v) is 1.94. The molecule has 1 atom stereocenters. The van der Waals surface area contributed by atoms with Gasteiger partial charge in [0.15, 0.2) is 0 Å². The summed E-state index contributed by atoms with van der Waals surface area (Å²) >= 11 is 0. The molecule has 0 bridgehead atoms. The maximum Gasteiger partial charge on any atom is 0.257 e. The van der Waals surface area contributed by atoms with Gasteiger partial charge in [-0.1, -0.05) is 12.1 Å². The van der Waals surface area contributed by atoms with E-state index in [4.69, 9.17) is 9.84 Å². The Morgan fingerprint density at radius 2 is 1.75 bits per heavy atom. The molecule has 0 aliphatic heterocycles. The average molecular weight is 339 g/mol. The SMILES string of the molecule is C[C@@H](CO)NC(=O)c1c(F)cc(OCc2ccc(F)cc2)cc1F. The third-order valence-corrected chi connectivity index (χ3v) is 3.21.